The molecule has 0 fully saturated rings. The summed E-state index contributed by atoms with van der Waals surface area (Å²) in [6.07, 6.45) is -0.789. The molecule has 1 atom stereocenters. The molecular formula is C20H19N5O4S2. The molecule has 3 aromatic heterocycles. The van der Waals surface area contributed by atoms with Gasteiger partial charge in [-0.15, -0.1) is 22.7 Å². The van der Waals surface area contributed by atoms with Crippen LogP contribution in [0.25, 0.3) is 22.1 Å². The van der Waals surface area contributed by atoms with Crippen LogP contribution in [0.3, 0.4) is 0 Å². The monoisotopic (exact) mass is 457 g/mol. The molecule has 11 heteroatoms. The molecule has 0 aliphatic rings. The summed E-state index contributed by atoms with van der Waals surface area (Å²) in [7, 11) is 0. The molecule has 3 heterocycles. The highest BCUT2D eigenvalue weighted by molar-refractivity contribution is 7.13. The molecular weight excluding hydrogens is 438 g/mol. The molecule has 0 saturated heterocycles. The summed E-state index contributed by atoms with van der Waals surface area (Å²) in [5.41, 5.74) is 1.40. The highest BCUT2D eigenvalue weighted by Gasteiger charge is 2.25. The molecule has 160 valence electrons. The first-order chi connectivity index (χ1) is 14.6. The first kappa shape index (κ1) is 22.3. The Morgan fingerprint density at radius 1 is 1.16 bits per heavy atom. The molecule has 0 radical (unpaired) electrons. The van der Waals surface area contributed by atoms with Crippen molar-refractivity contribution in [2.45, 2.75) is 38.8 Å². The van der Waals surface area contributed by atoms with Crippen LogP contribution in [-0.4, -0.2) is 43.8 Å². The van der Waals surface area contributed by atoms with E-state index in [1.807, 2.05) is 12.1 Å². The van der Waals surface area contributed by atoms with Crippen LogP contribution in [0.2, 0.25) is 0 Å². The van der Waals surface area contributed by atoms with Gasteiger partial charge in [0.1, 0.15) is 22.7 Å². The van der Waals surface area contributed by atoms with Gasteiger partial charge in [-0.25, -0.2) is 24.5 Å². The van der Waals surface area contributed by atoms with Crippen molar-refractivity contribution in [3.63, 3.8) is 0 Å². The normalized spacial score (nSPS) is 12.1. The van der Waals surface area contributed by atoms with Gasteiger partial charge in [0.2, 0.25) is 0 Å². The van der Waals surface area contributed by atoms with Gasteiger partial charge in [-0.3, -0.25) is 0 Å². The third-order valence-electron chi connectivity index (χ3n) is 3.77. The number of hydrogen-bond acceptors (Lipinski definition) is 9. The molecule has 2 N–H and O–H groups in total. The molecule has 0 aromatic carbocycles. The Bertz CT molecular complexity index is 1140. The van der Waals surface area contributed by atoms with Gasteiger partial charge >= 0.3 is 12.1 Å². The minimum absolute atomic E-state index is 0.0109. The van der Waals surface area contributed by atoms with Crippen molar-refractivity contribution < 1.29 is 19.4 Å². The summed E-state index contributed by atoms with van der Waals surface area (Å²) in [6.45, 7) is 5.09. The van der Waals surface area contributed by atoms with Crippen molar-refractivity contribution >= 4 is 34.7 Å². The fourth-order valence-corrected chi connectivity index (χ4v) is 4.04. The molecule has 1 unspecified atom stereocenters. The molecule has 31 heavy (non-hydrogen) atoms. The van der Waals surface area contributed by atoms with Gasteiger partial charge in [-0.1, -0.05) is 6.07 Å². The number of ether oxygens (including phenoxy) is 1. The van der Waals surface area contributed by atoms with Gasteiger partial charge in [0.25, 0.3) is 0 Å². The Labute approximate surface area is 186 Å². The molecule has 0 aliphatic heterocycles. The minimum atomic E-state index is -1.18. The number of carboxylic acids is 1. The number of carboxylic acid groups (broad SMARTS) is 1. The number of carbonyl (C=O) groups is 2. The van der Waals surface area contributed by atoms with Gasteiger partial charge in [0.15, 0.2) is 5.69 Å². The lowest BCUT2D eigenvalue weighted by Crippen LogP contribution is -2.44. The van der Waals surface area contributed by atoms with Gasteiger partial charge < -0.3 is 15.2 Å². The SMILES string of the molecule is CC(C)(C)OC(=O)NC(Cc1nc(-c2cccc(-c3nc(C#N)cs3)n2)cs1)C(=O)O. The van der Waals surface area contributed by atoms with E-state index in [0.717, 1.165) is 0 Å². The number of aliphatic carboxylic acids is 1. The summed E-state index contributed by atoms with van der Waals surface area (Å²) in [5, 5.41) is 25.4. The van der Waals surface area contributed by atoms with E-state index in [4.69, 9.17) is 10.00 Å². The van der Waals surface area contributed by atoms with E-state index in [9.17, 15) is 14.7 Å². The van der Waals surface area contributed by atoms with Crippen LogP contribution in [0.1, 0.15) is 31.5 Å². The minimum Gasteiger partial charge on any atom is -0.480 e. The van der Waals surface area contributed by atoms with E-state index in [1.165, 1.54) is 22.7 Å². The van der Waals surface area contributed by atoms with Crippen LogP contribution in [0, 0.1) is 11.3 Å². The van der Waals surface area contributed by atoms with Crippen LogP contribution in [0.15, 0.2) is 29.0 Å². The number of hydrogen-bond donors (Lipinski definition) is 2. The summed E-state index contributed by atoms with van der Waals surface area (Å²) < 4.78 is 5.13. The maximum absolute atomic E-state index is 11.9. The van der Waals surface area contributed by atoms with Crippen molar-refractivity contribution in [1.29, 1.82) is 5.26 Å². The lowest BCUT2D eigenvalue weighted by molar-refractivity contribution is -0.139. The fourth-order valence-electron chi connectivity index (χ4n) is 2.49. The van der Waals surface area contributed by atoms with Crippen LogP contribution in [-0.2, 0) is 16.0 Å². The number of alkyl carbamates (subject to hydrolysis) is 1. The van der Waals surface area contributed by atoms with Crippen molar-refractivity contribution in [3.05, 3.63) is 39.7 Å². The van der Waals surface area contributed by atoms with Gasteiger partial charge in [0, 0.05) is 17.2 Å². The number of rotatable bonds is 6. The molecule has 0 spiro atoms. The van der Waals surface area contributed by atoms with Crippen LogP contribution in [0.5, 0.6) is 0 Å². The zero-order valence-corrected chi connectivity index (χ0v) is 18.6. The largest absolute Gasteiger partial charge is 0.480 e. The summed E-state index contributed by atoms with van der Waals surface area (Å²) in [4.78, 5) is 36.7. The van der Waals surface area contributed by atoms with Crippen LogP contribution >= 0.6 is 22.7 Å². The Morgan fingerprint density at radius 2 is 1.90 bits per heavy atom. The number of nitriles is 1. The van der Waals surface area contributed by atoms with E-state index in [-0.39, 0.29) is 6.42 Å². The van der Waals surface area contributed by atoms with Crippen molar-refractivity contribution in [3.8, 4) is 28.2 Å². The Hall–Kier alpha value is -3.36. The van der Waals surface area contributed by atoms with E-state index < -0.39 is 23.7 Å². The van der Waals surface area contributed by atoms with E-state index in [0.29, 0.717) is 32.8 Å². The predicted octanol–water partition coefficient (Wildman–Crippen LogP) is 3.72. The average molecular weight is 458 g/mol. The highest BCUT2D eigenvalue weighted by Crippen LogP contribution is 2.26. The number of aromatic nitrogens is 3. The van der Waals surface area contributed by atoms with Crippen molar-refractivity contribution in [2.75, 3.05) is 0 Å². The topological polar surface area (TPSA) is 138 Å². The molecule has 0 bridgehead atoms. The molecule has 3 rings (SSSR count). The second-order valence-corrected chi connectivity index (χ2v) is 9.23. The number of carbonyl (C=O) groups excluding carboxylic acids is 1. The van der Waals surface area contributed by atoms with Crippen molar-refractivity contribution in [1.82, 2.24) is 20.3 Å². The van der Waals surface area contributed by atoms with Gasteiger partial charge in [-0.2, -0.15) is 5.26 Å². The second kappa shape index (κ2) is 9.20. The van der Waals surface area contributed by atoms with Crippen LogP contribution in [0.4, 0.5) is 4.79 Å². The van der Waals surface area contributed by atoms with Crippen LogP contribution < -0.4 is 5.32 Å². The summed E-state index contributed by atoms with van der Waals surface area (Å²) >= 11 is 2.60. The van der Waals surface area contributed by atoms with Crippen molar-refractivity contribution in [2.24, 2.45) is 0 Å². The fraction of sp³-hybridized carbons (Fsp3) is 0.300. The molecule has 3 aromatic rings. The molecule has 0 saturated carbocycles. The summed E-state index contributed by atoms with van der Waals surface area (Å²) in [5.74, 6) is -1.18. The maximum Gasteiger partial charge on any atom is 0.408 e. The quantitative estimate of drug-likeness (QED) is 0.571. The Balaban J connectivity index is 1.74. The standard InChI is InChI=1S/C20H19N5O4S2/c1-20(2,3)29-19(28)25-14(18(26)27)7-16-24-15(10-30-16)12-5-4-6-13(23-12)17-22-11(8-21)9-31-17/h4-6,9-10,14H,7H2,1-3H3,(H,25,28)(H,26,27). The van der Waals surface area contributed by atoms with E-state index in [1.54, 1.807) is 43.7 Å². The number of nitrogens with zero attached hydrogens (tertiary/aromatic N) is 4. The smallest absolute Gasteiger partial charge is 0.408 e. The number of nitrogens with one attached hydrogen (secondary N) is 1. The first-order valence-corrected chi connectivity index (χ1v) is 10.9. The van der Waals surface area contributed by atoms with E-state index in [2.05, 4.69) is 20.3 Å². The molecule has 0 aliphatic carbocycles. The number of pyridine rings is 1. The third-order valence-corrected chi connectivity index (χ3v) is 5.50. The highest BCUT2D eigenvalue weighted by atomic mass is 32.1. The molecule has 9 nitrogen and oxygen atoms in total. The zero-order chi connectivity index (χ0) is 22.6. The predicted molar refractivity (Wildman–Crippen MR) is 116 cm³/mol. The lowest BCUT2D eigenvalue weighted by atomic mass is 10.2. The van der Waals surface area contributed by atoms with Gasteiger partial charge in [-0.05, 0) is 32.9 Å². The summed E-state index contributed by atoms with van der Waals surface area (Å²) in [6, 6.07) is 6.21. The van der Waals surface area contributed by atoms with E-state index >= 15 is 0 Å². The number of amides is 1. The second-order valence-electron chi connectivity index (χ2n) is 7.43. The Morgan fingerprint density at radius 3 is 2.55 bits per heavy atom. The third kappa shape index (κ3) is 6.07. The Kier molecular flexibility index (Phi) is 6.62. The first-order valence-electron chi connectivity index (χ1n) is 9.15. The zero-order valence-electron chi connectivity index (χ0n) is 16.9. The number of thiazole rings is 2. The maximum atomic E-state index is 11.9. The molecule has 1 amide bonds. The lowest BCUT2D eigenvalue weighted by Gasteiger charge is -2.21. The van der Waals surface area contributed by atoms with Gasteiger partial charge in [0.05, 0.1) is 22.1 Å². The average Bonchev–Trinajstić information content (AvgIpc) is 3.35.